The van der Waals surface area contributed by atoms with Gasteiger partial charge in [0.2, 0.25) is 0 Å². The molecule has 6 N–H and O–H groups in total. The predicted octanol–water partition coefficient (Wildman–Crippen LogP) is 2.21. The van der Waals surface area contributed by atoms with E-state index in [4.69, 9.17) is 0 Å². The minimum absolute atomic E-state index is 0.00868. The van der Waals surface area contributed by atoms with Gasteiger partial charge in [0.15, 0.2) is 0 Å². The molecule has 6 heteroatoms. The van der Waals surface area contributed by atoms with Gasteiger partial charge in [-0.05, 0) is 52.2 Å². The average Bonchev–Trinajstić information content (AvgIpc) is 2.74. The molecule has 2 aromatic rings. The Balaban J connectivity index is 2.58. The van der Waals surface area contributed by atoms with E-state index in [1.807, 2.05) is 64.1 Å². The Hall–Kier alpha value is -2.06. The molecule has 0 radical (unpaired) electrons. The number of aryl methyl sites for hydroxylation is 4. The summed E-state index contributed by atoms with van der Waals surface area (Å²) in [5, 5.41) is 65.7. The van der Waals surface area contributed by atoms with Crippen molar-refractivity contribution in [3.63, 3.8) is 0 Å². The van der Waals surface area contributed by atoms with E-state index in [2.05, 4.69) is 0 Å². The van der Waals surface area contributed by atoms with Gasteiger partial charge in [-0.25, -0.2) is 0 Å². The Morgan fingerprint density at radius 1 is 0.765 bits per heavy atom. The predicted molar refractivity (Wildman–Crippen MR) is 134 cm³/mol. The van der Waals surface area contributed by atoms with Crippen LogP contribution in [0.5, 0.6) is 0 Å². The first-order chi connectivity index (χ1) is 15.8. The summed E-state index contributed by atoms with van der Waals surface area (Å²) in [6, 6.07) is 11.4. The van der Waals surface area contributed by atoms with Gasteiger partial charge < -0.3 is 30.6 Å². The van der Waals surface area contributed by atoms with E-state index in [0.29, 0.717) is 5.56 Å². The number of benzene rings is 2. The second-order valence-electron chi connectivity index (χ2n) is 9.81. The van der Waals surface area contributed by atoms with Crippen LogP contribution in [0, 0.1) is 27.7 Å². The molecular formula is C28H40O6. The van der Waals surface area contributed by atoms with Gasteiger partial charge in [0.1, 0.15) is 29.5 Å². The monoisotopic (exact) mass is 472 g/mol. The molecule has 0 amide bonds. The van der Waals surface area contributed by atoms with Crippen molar-refractivity contribution in [3.8, 4) is 0 Å². The third kappa shape index (κ3) is 6.75. The highest BCUT2D eigenvalue weighted by Gasteiger charge is 2.54. The topological polar surface area (TPSA) is 121 Å². The summed E-state index contributed by atoms with van der Waals surface area (Å²) in [7, 11) is 0. The Kier molecular flexibility index (Phi) is 9.60. The second kappa shape index (κ2) is 11.6. The summed E-state index contributed by atoms with van der Waals surface area (Å²) in [5.74, 6) is 0. The fourth-order valence-corrected chi connectivity index (χ4v) is 4.89. The lowest BCUT2D eigenvalue weighted by Crippen LogP contribution is -2.66. The van der Waals surface area contributed by atoms with Gasteiger partial charge in [-0.1, -0.05) is 70.8 Å². The summed E-state index contributed by atoms with van der Waals surface area (Å²) >= 11 is 0. The molecule has 0 fully saturated rings. The first kappa shape index (κ1) is 28.2. The smallest absolute Gasteiger partial charge is 0.126 e. The standard InChI is InChI=1S/C28H40O6/c1-6-7-8-27(33,15-22-11-18(2)9-19(3)12-22)26(32)28(34,25(31)24(30)17-29)16-23-13-20(4)10-21(5)14-23/h6-7,9-14,24-26,29-34H,8,15-17H2,1-5H3/b7-6+/t24-,25+,26+,27?,28+/m0/s1. The zero-order valence-corrected chi connectivity index (χ0v) is 20.9. The van der Waals surface area contributed by atoms with Crippen LogP contribution in [0.4, 0.5) is 0 Å². The SMILES string of the molecule is C/C=C/CC(O)(Cc1cc(C)cc(C)c1)[C@@H](O)[C@@](O)(Cc1cc(C)cc(C)c1)[C@H](O)[C@@H](O)CO. The number of allylic oxidation sites excluding steroid dienone is 1. The lowest BCUT2D eigenvalue weighted by atomic mass is 9.71. The normalized spacial score (nSPS) is 18.3. The first-order valence-electron chi connectivity index (χ1n) is 11.7. The summed E-state index contributed by atoms with van der Waals surface area (Å²) < 4.78 is 0. The lowest BCUT2D eigenvalue weighted by Gasteiger charge is -2.46. The highest BCUT2D eigenvalue weighted by Crippen LogP contribution is 2.35. The summed E-state index contributed by atoms with van der Waals surface area (Å²) in [5.41, 5.74) is 1.05. The Morgan fingerprint density at radius 3 is 1.62 bits per heavy atom. The van der Waals surface area contributed by atoms with Crippen LogP contribution in [0.2, 0.25) is 0 Å². The molecular weight excluding hydrogens is 432 g/mol. The van der Waals surface area contributed by atoms with Gasteiger partial charge in [-0.2, -0.15) is 0 Å². The maximum Gasteiger partial charge on any atom is 0.126 e. The van der Waals surface area contributed by atoms with Gasteiger partial charge in [0, 0.05) is 12.8 Å². The minimum Gasteiger partial charge on any atom is -0.394 e. The molecule has 188 valence electrons. The number of rotatable bonds is 11. The van der Waals surface area contributed by atoms with Crippen LogP contribution >= 0.6 is 0 Å². The zero-order valence-electron chi connectivity index (χ0n) is 20.9. The molecule has 0 aromatic heterocycles. The molecule has 2 rings (SSSR count). The summed E-state index contributed by atoms with van der Waals surface area (Å²) in [4.78, 5) is 0. The van der Waals surface area contributed by atoms with E-state index in [0.717, 1.165) is 27.8 Å². The molecule has 0 saturated carbocycles. The molecule has 6 nitrogen and oxygen atoms in total. The molecule has 1 unspecified atom stereocenters. The van der Waals surface area contributed by atoms with Gasteiger partial charge >= 0.3 is 0 Å². The highest BCUT2D eigenvalue weighted by molar-refractivity contribution is 5.32. The number of hydrogen-bond donors (Lipinski definition) is 6. The van der Waals surface area contributed by atoms with Gasteiger partial charge in [0.05, 0.1) is 6.61 Å². The molecule has 0 saturated heterocycles. The van der Waals surface area contributed by atoms with Crippen molar-refractivity contribution >= 4 is 0 Å². The minimum atomic E-state index is -2.35. The van der Waals surface area contributed by atoms with Crippen molar-refractivity contribution in [2.24, 2.45) is 0 Å². The molecule has 0 heterocycles. The Morgan fingerprint density at radius 2 is 1.21 bits per heavy atom. The van der Waals surface area contributed by atoms with Crippen molar-refractivity contribution in [1.29, 1.82) is 0 Å². The van der Waals surface area contributed by atoms with Crippen LogP contribution in [0.15, 0.2) is 48.6 Å². The molecule has 0 spiro atoms. The highest BCUT2D eigenvalue weighted by atomic mass is 16.4. The van der Waals surface area contributed by atoms with Gasteiger partial charge in [-0.15, -0.1) is 0 Å². The van der Waals surface area contributed by atoms with E-state index in [-0.39, 0.29) is 19.3 Å². The van der Waals surface area contributed by atoms with Crippen LogP contribution in [0.3, 0.4) is 0 Å². The van der Waals surface area contributed by atoms with E-state index in [1.165, 1.54) is 0 Å². The Bertz CT molecular complexity index is 946. The fourth-order valence-electron chi connectivity index (χ4n) is 4.89. The average molecular weight is 473 g/mol. The number of hydrogen-bond acceptors (Lipinski definition) is 6. The molecule has 0 aliphatic carbocycles. The van der Waals surface area contributed by atoms with Crippen molar-refractivity contribution in [3.05, 3.63) is 81.9 Å². The van der Waals surface area contributed by atoms with Crippen LogP contribution in [-0.2, 0) is 12.8 Å². The second-order valence-corrected chi connectivity index (χ2v) is 9.81. The van der Waals surface area contributed by atoms with E-state index < -0.39 is 36.1 Å². The van der Waals surface area contributed by atoms with Crippen molar-refractivity contribution in [1.82, 2.24) is 0 Å². The van der Waals surface area contributed by atoms with Crippen LogP contribution in [0.25, 0.3) is 0 Å². The lowest BCUT2D eigenvalue weighted by molar-refractivity contribution is -0.228. The molecule has 0 bridgehead atoms. The first-order valence-corrected chi connectivity index (χ1v) is 11.7. The van der Waals surface area contributed by atoms with Gasteiger partial charge in [0.25, 0.3) is 0 Å². The largest absolute Gasteiger partial charge is 0.394 e. The van der Waals surface area contributed by atoms with E-state index in [1.54, 1.807) is 19.1 Å². The molecule has 0 aliphatic heterocycles. The molecule has 2 aromatic carbocycles. The van der Waals surface area contributed by atoms with Crippen molar-refractivity contribution in [2.75, 3.05) is 6.61 Å². The maximum atomic E-state index is 11.8. The third-order valence-corrected chi connectivity index (χ3v) is 6.31. The number of aliphatic hydroxyl groups excluding tert-OH is 4. The van der Waals surface area contributed by atoms with Crippen LogP contribution in [0.1, 0.15) is 46.7 Å². The number of aliphatic hydroxyl groups is 6. The van der Waals surface area contributed by atoms with Crippen LogP contribution in [-0.4, -0.2) is 66.8 Å². The zero-order chi connectivity index (χ0) is 25.7. The molecule has 34 heavy (non-hydrogen) atoms. The van der Waals surface area contributed by atoms with E-state index in [9.17, 15) is 30.6 Å². The third-order valence-electron chi connectivity index (χ3n) is 6.31. The Labute approximate surface area is 202 Å². The molecule has 5 atom stereocenters. The van der Waals surface area contributed by atoms with Crippen LogP contribution < -0.4 is 0 Å². The van der Waals surface area contributed by atoms with Crippen molar-refractivity contribution < 1.29 is 30.6 Å². The van der Waals surface area contributed by atoms with Crippen molar-refractivity contribution in [2.45, 2.75) is 83.4 Å². The fraction of sp³-hybridized carbons (Fsp3) is 0.500. The maximum absolute atomic E-state index is 11.8. The molecule has 0 aliphatic rings. The van der Waals surface area contributed by atoms with Gasteiger partial charge in [-0.3, -0.25) is 0 Å². The van der Waals surface area contributed by atoms with E-state index >= 15 is 0 Å². The summed E-state index contributed by atoms with van der Waals surface area (Å²) in [6.07, 6.45) is -2.26. The quantitative estimate of drug-likeness (QED) is 0.279. The summed E-state index contributed by atoms with van der Waals surface area (Å²) in [6.45, 7) is 8.65.